The standard InChI is InChI=1S/C17H26N4/c1-14(2)20-17(12-18,15-7-8-15)13-21(3)11-9-16-6-4-5-10-19-16/h4-6,10,14-15,20H,7-9,11,13H2,1-3H3. The molecule has 1 aliphatic rings. The van der Waals surface area contributed by atoms with Gasteiger partial charge in [0.1, 0.15) is 5.54 Å². The zero-order chi connectivity index (χ0) is 15.3. The van der Waals surface area contributed by atoms with Crippen LogP contribution < -0.4 is 5.32 Å². The Morgan fingerprint density at radius 3 is 2.76 bits per heavy atom. The van der Waals surface area contributed by atoms with Crippen molar-refractivity contribution in [2.24, 2.45) is 5.92 Å². The Morgan fingerprint density at radius 2 is 2.24 bits per heavy atom. The second kappa shape index (κ2) is 7.02. The molecule has 1 fully saturated rings. The van der Waals surface area contributed by atoms with Gasteiger partial charge >= 0.3 is 0 Å². The Kier molecular flexibility index (Phi) is 5.33. The van der Waals surface area contributed by atoms with Crippen LogP contribution in [0.3, 0.4) is 0 Å². The first-order valence-corrected chi connectivity index (χ1v) is 7.83. The Bertz CT molecular complexity index is 475. The average molecular weight is 286 g/mol. The van der Waals surface area contributed by atoms with Crippen LogP contribution in [0.25, 0.3) is 0 Å². The van der Waals surface area contributed by atoms with Gasteiger partial charge in [0.05, 0.1) is 6.07 Å². The Labute approximate surface area is 128 Å². The highest BCUT2D eigenvalue weighted by Crippen LogP contribution is 2.40. The third-order valence-electron chi connectivity index (χ3n) is 4.02. The van der Waals surface area contributed by atoms with Crippen LogP contribution in [0, 0.1) is 17.2 Å². The first-order chi connectivity index (χ1) is 10.1. The zero-order valence-corrected chi connectivity index (χ0v) is 13.3. The largest absolute Gasteiger partial charge is 0.303 e. The van der Waals surface area contributed by atoms with Crippen LogP contribution in [0.1, 0.15) is 32.4 Å². The van der Waals surface area contributed by atoms with E-state index in [0.29, 0.717) is 12.0 Å². The third-order valence-corrected chi connectivity index (χ3v) is 4.02. The number of nitrogens with zero attached hydrogens (tertiary/aromatic N) is 3. The summed E-state index contributed by atoms with van der Waals surface area (Å²) in [6.07, 6.45) is 5.09. The van der Waals surface area contributed by atoms with Gasteiger partial charge in [-0.15, -0.1) is 0 Å². The van der Waals surface area contributed by atoms with Gasteiger partial charge in [-0.05, 0) is 51.8 Å². The second-order valence-electron chi connectivity index (χ2n) is 6.47. The van der Waals surface area contributed by atoms with E-state index in [1.54, 1.807) is 0 Å². The molecule has 1 aliphatic carbocycles. The van der Waals surface area contributed by atoms with E-state index in [2.05, 4.69) is 48.2 Å². The van der Waals surface area contributed by atoms with Crippen LogP contribution in [-0.4, -0.2) is 41.6 Å². The summed E-state index contributed by atoms with van der Waals surface area (Å²) in [4.78, 5) is 6.61. The molecule has 1 unspecified atom stereocenters. The lowest BCUT2D eigenvalue weighted by Gasteiger charge is -2.34. The normalized spacial score (nSPS) is 17.7. The number of hydrogen-bond donors (Lipinski definition) is 1. The molecule has 21 heavy (non-hydrogen) atoms. The van der Waals surface area contributed by atoms with Crippen LogP contribution in [0.5, 0.6) is 0 Å². The lowest BCUT2D eigenvalue weighted by atomic mass is 9.93. The summed E-state index contributed by atoms with van der Waals surface area (Å²) in [6.45, 7) is 5.93. The Morgan fingerprint density at radius 1 is 1.48 bits per heavy atom. The molecule has 0 saturated heterocycles. The van der Waals surface area contributed by atoms with E-state index in [1.165, 1.54) is 12.8 Å². The van der Waals surface area contributed by atoms with Crippen molar-refractivity contribution >= 4 is 0 Å². The molecule has 2 rings (SSSR count). The van der Waals surface area contributed by atoms with Crippen LogP contribution in [-0.2, 0) is 6.42 Å². The molecule has 4 nitrogen and oxygen atoms in total. The average Bonchev–Trinajstić information content (AvgIpc) is 3.30. The SMILES string of the molecule is CC(C)NC(C#N)(CN(C)CCc1ccccn1)C1CC1. The topological polar surface area (TPSA) is 52.0 Å². The molecule has 0 aliphatic heterocycles. The molecule has 1 aromatic heterocycles. The van der Waals surface area contributed by atoms with E-state index in [-0.39, 0.29) is 0 Å². The molecule has 1 N–H and O–H groups in total. The van der Waals surface area contributed by atoms with Crippen LogP contribution >= 0.6 is 0 Å². The molecular weight excluding hydrogens is 260 g/mol. The maximum absolute atomic E-state index is 9.72. The van der Waals surface area contributed by atoms with Gasteiger partial charge in [-0.1, -0.05) is 6.07 Å². The minimum absolute atomic E-state index is 0.328. The summed E-state index contributed by atoms with van der Waals surface area (Å²) < 4.78 is 0. The second-order valence-corrected chi connectivity index (χ2v) is 6.47. The van der Waals surface area contributed by atoms with E-state index in [4.69, 9.17) is 0 Å². The molecule has 0 bridgehead atoms. The van der Waals surface area contributed by atoms with Gasteiger partial charge in [0, 0.05) is 37.4 Å². The molecule has 0 aromatic carbocycles. The van der Waals surface area contributed by atoms with E-state index in [1.807, 2.05) is 18.3 Å². The smallest absolute Gasteiger partial charge is 0.122 e. The molecule has 114 valence electrons. The van der Waals surface area contributed by atoms with E-state index in [0.717, 1.165) is 25.2 Å². The number of nitriles is 1. The molecule has 1 atom stereocenters. The summed E-state index contributed by atoms with van der Waals surface area (Å²) in [5, 5.41) is 13.2. The molecular formula is C17H26N4. The van der Waals surface area contributed by atoms with Crippen molar-refractivity contribution in [3.05, 3.63) is 30.1 Å². The van der Waals surface area contributed by atoms with Gasteiger partial charge in [-0.2, -0.15) is 5.26 Å². The molecule has 4 heteroatoms. The van der Waals surface area contributed by atoms with Gasteiger partial charge in [0.2, 0.25) is 0 Å². The number of pyridine rings is 1. The van der Waals surface area contributed by atoms with Crippen molar-refractivity contribution in [3.63, 3.8) is 0 Å². The van der Waals surface area contributed by atoms with Gasteiger partial charge in [-0.25, -0.2) is 0 Å². The highest BCUT2D eigenvalue weighted by molar-refractivity contribution is 5.17. The van der Waals surface area contributed by atoms with Gasteiger partial charge in [0.25, 0.3) is 0 Å². The summed E-state index contributed by atoms with van der Waals surface area (Å²) in [5.41, 5.74) is 0.711. The Balaban J connectivity index is 1.92. The lowest BCUT2D eigenvalue weighted by Crippen LogP contribution is -2.56. The zero-order valence-electron chi connectivity index (χ0n) is 13.3. The van der Waals surface area contributed by atoms with Gasteiger partial charge in [-0.3, -0.25) is 10.3 Å². The summed E-state index contributed by atoms with van der Waals surface area (Å²) >= 11 is 0. The lowest BCUT2D eigenvalue weighted by molar-refractivity contribution is 0.219. The highest BCUT2D eigenvalue weighted by atomic mass is 15.2. The van der Waals surface area contributed by atoms with Gasteiger partial charge < -0.3 is 4.90 Å². The van der Waals surface area contributed by atoms with Gasteiger partial charge in [0.15, 0.2) is 0 Å². The number of hydrogen-bond acceptors (Lipinski definition) is 4. The number of rotatable bonds is 8. The van der Waals surface area contributed by atoms with E-state index in [9.17, 15) is 5.26 Å². The summed E-state index contributed by atoms with van der Waals surface area (Å²) in [5.74, 6) is 0.502. The highest BCUT2D eigenvalue weighted by Gasteiger charge is 2.46. The van der Waals surface area contributed by atoms with Crippen molar-refractivity contribution in [3.8, 4) is 6.07 Å². The van der Waals surface area contributed by atoms with Crippen molar-refractivity contribution in [2.75, 3.05) is 20.1 Å². The van der Waals surface area contributed by atoms with Crippen molar-refractivity contribution < 1.29 is 0 Å². The summed E-state index contributed by atoms with van der Waals surface area (Å²) in [7, 11) is 2.10. The molecule has 0 radical (unpaired) electrons. The predicted octanol–water partition coefficient (Wildman–Crippen LogP) is 2.23. The maximum Gasteiger partial charge on any atom is 0.122 e. The van der Waals surface area contributed by atoms with Crippen molar-refractivity contribution in [2.45, 2.75) is 44.7 Å². The number of nitrogens with one attached hydrogen (secondary N) is 1. The maximum atomic E-state index is 9.72. The van der Waals surface area contributed by atoms with E-state index >= 15 is 0 Å². The molecule has 1 heterocycles. The Hall–Kier alpha value is -1.44. The fourth-order valence-electron chi connectivity index (χ4n) is 2.90. The minimum atomic E-state index is -0.396. The number of likely N-dealkylation sites (N-methyl/N-ethyl adjacent to an activating group) is 1. The quantitative estimate of drug-likeness (QED) is 0.796. The number of aromatic nitrogens is 1. The molecule has 1 saturated carbocycles. The monoisotopic (exact) mass is 286 g/mol. The molecule has 1 aromatic rings. The van der Waals surface area contributed by atoms with Crippen LogP contribution in [0.4, 0.5) is 0 Å². The predicted molar refractivity (Wildman–Crippen MR) is 84.8 cm³/mol. The third kappa shape index (κ3) is 4.52. The van der Waals surface area contributed by atoms with Crippen molar-refractivity contribution in [1.82, 2.24) is 15.2 Å². The first kappa shape index (κ1) is 15.9. The molecule has 0 spiro atoms. The minimum Gasteiger partial charge on any atom is -0.303 e. The fraction of sp³-hybridized carbons (Fsp3) is 0.647. The van der Waals surface area contributed by atoms with Crippen LogP contribution in [0.15, 0.2) is 24.4 Å². The molecule has 0 amide bonds. The van der Waals surface area contributed by atoms with Crippen molar-refractivity contribution in [1.29, 1.82) is 5.26 Å². The van der Waals surface area contributed by atoms with Crippen LogP contribution in [0.2, 0.25) is 0 Å². The van der Waals surface area contributed by atoms with E-state index < -0.39 is 5.54 Å². The summed E-state index contributed by atoms with van der Waals surface area (Å²) in [6, 6.07) is 8.91. The first-order valence-electron chi connectivity index (χ1n) is 7.83. The fourth-order valence-corrected chi connectivity index (χ4v) is 2.90.